The third-order valence-electron chi connectivity index (χ3n) is 2.92. The molecule has 2 aromatic carbocycles. The number of aromatic carboxylic acids is 1. The highest BCUT2D eigenvalue weighted by Gasteiger charge is 2.14. The zero-order chi connectivity index (χ0) is 16.3. The van der Waals surface area contributed by atoms with Crippen molar-refractivity contribution in [2.45, 2.75) is 6.92 Å². The Hall–Kier alpha value is -2.24. The van der Waals surface area contributed by atoms with Crippen LogP contribution in [0.2, 0.25) is 10.0 Å². The van der Waals surface area contributed by atoms with Gasteiger partial charge >= 0.3 is 12.0 Å². The Morgan fingerprint density at radius 3 is 2.41 bits per heavy atom. The second kappa shape index (κ2) is 6.68. The fourth-order valence-electron chi connectivity index (χ4n) is 1.86. The Morgan fingerprint density at radius 2 is 1.77 bits per heavy atom. The average Bonchev–Trinajstić information content (AvgIpc) is 2.45. The monoisotopic (exact) mass is 338 g/mol. The molecule has 2 rings (SSSR count). The molecule has 0 heterocycles. The van der Waals surface area contributed by atoms with Crippen LogP contribution in [0, 0.1) is 6.92 Å². The molecule has 0 radical (unpaired) electrons. The standard InChI is InChI=1S/C15H12Cl2N2O3/c1-8-3-2-4-10(14(20)21)13(8)19-15(22)18-9-5-6-11(16)12(17)7-9/h2-7H,1H3,(H,20,21)(H2,18,19,22). The van der Waals surface area contributed by atoms with Crippen LogP contribution in [0.25, 0.3) is 0 Å². The number of amides is 2. The Labute approximate surface area is 136 Å². The van der Waals surface area contributed by atoms with Crippen LogP contribution in [-0.4, -0.2) is 17.1 Å². The van der Waals surface area contributed by atoms with Gasteiger partial charge in [-0.1, -0.05) is 35.3 Å². The van der Waals surface area contributed by atoms with Crippen molar-refractivity contribution in [3.63, 3.8) is 0 Å². The van der Waals surface area contributed by atoms with Crippen molar-refractivity contribution < 1.29 is 14.7 Å². The van der Waals surface area contributed by atoms with Crippen LogP contribution < -0.4 is 10.6 Å². The van der Waals surface area contributed by atoms with Gasteiger partial charge in [0, 0.05) is 5.69 Å². The summed E-state index contributed by atoms with van der Waals surface area (Å²) in [6.45, 7) is 1.71. The maximum absolute atomic E-state index is 12.0. The van der Waals surface area contributed by atoms with Gasteiger partial charge in [0.2, 0.25) is 0 Å². The molecule has 0 saturated heterocycles. The quantitative estimate of drug-likeness (QED) is 0.762. The number of benzene rings is 2. The van der Waals surface area contributed by atoms with Crippen LogP contribution in [0.4, 0.5) is 16.2 Å². The number of nitrogens with one attached hydrogen (secondary N) is 2. The molecule has 0 aliphatic heterocycles. The molecule has 3 N–H and O–H groups in total. The maximum atomic E-state index is 12.0. The van der Waals surface area contributed by atoms with E-state index in [9.17, 15) is 9.59 Å². The Bertz CT molecular complexity index is 748. The molecule has 0 aliphatic carbocycles. The van der Waals surface area contributed by atoms with Gasteiger partial charge in [0.1, 0.15) is 0 Å². The molecular weight excluding hydrogens is 327 g/mol. The highest BCUT2D eigenvalue weighted by molar-refractivity contribution is 6.42. The minimum Gasteiger partial charge on any atom is -0.478 e. The van der Waals surface area contributed by atoms with E-state index in [0.717, 1.165) is 0 Å². The van der Waals surface area contributed by atoms with Gasteiger partial charge in [0.15, 0.2) is 0 Å². The number of rotatable bonds is 3. The van der Waals surface area contributed by atoms with E-state index in [0.29, 0.717) is 21.3 Å². The van der Waals surface area contributed by atoms with E-state index >= 15 is 0 Å². The summed E-state index contributed by atoms with van der Waals surface area (Å²) in [6.07, 6.45) is 0. The predicted octanol–water partition coefficient (Wildman–Crippen LogP) is 4.64. The zero-order valence-electron chi connectivity index (χ0n) is 11.5. The van der Waals surface area contributed by atoms with Crippen molar-refractivity contribution in [2.24, 2.45) is 0 Å². The number of urea groups is 1. The van der Waals surface area contributed by atoms with E-state index in [-0.39, 0.29) is 11.3 Å². The second-order valence-electron chi connectivity index (χ2n) is 4.51. The molecule has 2 aromatic rings. The molecule has 0 atom stereocenters. The molecule has 0 unspecified atom stereocenters. The van der Waals surface area contributed by atoms with Crippen molar-refractivity contribution in [2.75, 3.05) is 10.6 Å². The number of hydrogen-bond acceptors (Lipinski definition) is 2. The normalized spacial score (nSPS) is 10.1. The van der Waals surface area contributed by atoms with Crippen LogP contribution in [0.5, 0.6) is 0 Å². The molecule has 0 bridgehead atoms. The number of hydrogen-bond donors (Lipinski definition) is 3. The smallest absolute Gasteiger partial charge is 0.337 e. The summed E-state index contributed by atoms with van der Waals surface area (Å²) in [5.41, 5.74) is 1.35. The molecular formula is C15H12Cl2N2O3. The highest BCUT2D eigenvalue weighted by atomic mass is 35.5. The summed E-state index contributed by atoms with van der Waals surface area (Å²) < 4.78 is 0. The molecule has 5 nitrogen and oxygen atoms in total. The Balaban J connectivity index is 2.19. The van der Waals surface area contributed by atoms with Gasteiger partial charge in [-0.25, -0.2) is 9.59 Å². The summed E-state index contributed by atoms with van der Waals surface area (Å²) in [4.78, 5) is 23.2. The van der Waals surface area contributed by atoms with E-state index in [1.807, 2.05) is 0 Å². The summed E-state index contributed by atoms with van der Waals surface area (Å²) in [6, 6.07) is 8.81. The molecule has 2 amide bonds. The lowest BCUT2D eigenvalue weighted by Gasteiger charge is -2.12. The molecule has 22 heavy (non-hydrogen) atoms. The highest BCUT2D eigenvalue weighted by Crippen LogP contribution is 2.25. The average molecular weight is 339 g/mol. The third kappa shape index (κ3) is 3.69. The van der Waals surface area contributed by atoms with Crippen LogP contribution in [0.15, 0.2) is 36.4 Å². The van der Waals surface area contributed by atoms with Gasteiger partial charge < -0.3 is 15.7 Å². The van der Waals surface area contributed by atoms with Gasteiger partial charge in [-0.2, -0.15) is 0 Å². The number of carboxylic acid groups (broad SMARTS) is 1. The minimum atomic E-state index is -1.12. The predicted molar refractivity (Wildman–Crippen MR) is 87.2 cm³/mol. The zero-order valence-corrected chi connectivity index (χ0v) is 13.0. The second-order valence-corrected chi connectivity index (χ2v) is 5.33. The maximum Gasteiger partial charge on any atom is 0.337 e. The lowest BCUT2D eigenvalue weighted by atomic mass is 10.1. The first-order chi connectivity index (χ1) is 10.4. The van der Waals surface area contributed by atoms with E-state index in [4.69, 9.17) is 28.3 Å². The molecule has 0 aliphatic rings. The van der Waals surface area contributed by atoms with Crippen LogP contribution in [0.1, 0.15) is 15.9 Å². The lowest BCUT2D eigenvalue weighted by molar-refractivity contribution is 0.0698. The number of carbonyl (C=O) groups is 2. The van der Waals surface area contributed by atoms with Crippen molar-refractivity contribution in [3.8, 4) is 0 Å². The van der Waals surface area contributed by atoms with Crippen LogP contribution >= 0.6 is 23.2 Å². The van der Waals surface area contributed by atoms with Gasteiger partial charge in [0.25, 0.3) is 0 Å². The first-order valence-corrected chi connectivity index (χ1v) is 7.00. The fraction of sp³-hybridized carbons (Fsp3) is 0.0667. The summed E-state index contributed by atoms with van der Waals surface area (Å²) in [7, 11) is 0. The molecule has 0 spiro atoms. The van der Waals surface area contributed by atoms with Crippen LogP contribution in [-0.2, 0) is 0 Å². The molecule has 0 fully saturated rings. The topological polar surface area (TPSA) is 78.4 Å². The van der Waals surface area contributed by atoms with E-state index < -0.39 is 12.0 Å². The summed E-state index contributed by atoms with van der Waals surface area (Å²) >= 11 is 11.7. The van der Waals surface area contributed by atoms with Crippen molar-refractivity contribution in [1.29, 1.82) is 0 Å². The first kappa shape index (κ1) is 16.1. The summed E-state index contributed by atoms with van der Waals surface area (Å²) in [5.74, 6) is -1.12. The van der Waals surface area contributed by atoms with Crippen LogP contribution in [0.3, 0.4) is 0 Å². The number of aryl methyl sites for hydroxylation is 1. The molecule has 0 aromatic heterocycles. The molecule has 114 valence electrons. The molecule has 0 saturated carbocycles. The lowest BCUT2D eigenvalue weighted by Crippen LogP contribution is -2.21. The fourth-order valence-corrected chi connectivity index (χ4v) is 2.16. The SMILES string of the molecule is Cc1cccc(C(=O)O)c1NC(=O)Nc1ccc(Cl)c(Cl)c1. The summed E-state index contributed by atoms with van der Waals surface area (Å²) in [5, 5.41) is 14.9. The number of carboxylic acids is 1. The minimum absolute atomic E-state index is 0.0179. The number of carbonyl (C=O) groups excluding carboxylic acids is 1. The Morgan fingerprint density at radius 1 is 1.05 bits per heavy atom. The van der Waals surface area contributed by atoms with Gasteiger partial charge in [-0.05, 0) is 36.8 Å². The van der Waals surface area contributed by atoms with E-state index in [1.54, 1.807) is 31.2 Å². The van der Waals surface area contributed by atoms with Gasteiger partial charge in [0.05, 0.1) is 21.3 Å². The number of para-hydroxylation sites is 1. The van der Waals surface area contributed by atoms with E-state index in [1.165, 1.54) is 12.1 Å². The van der Waals surface area contributed by atoms with Gasteiger partial charge in [-0.15, -0.1) is 0 Å². The molecule has 7 heteroatoms. The van der Waals surface area contributed by atoms with Gasteiger partial charge in [-0.3, -0.25) is 0 Å². The third-order valence-corrected chi connectivity index (χ3v) is 3.66. The van der Waals surface area contributed by atoms with Crippen molar-refractivity contribution in [3.05, 3.63) is 57.6 Å². The van der Waals surface area contributed by atoms with E-state index in [2.05, 4.69) is 10.6 Å². The first-order valence-electron chi connectivity index (χ1n) is 6.24. The van der Waals surface area contributed by atoms with Crippen molar-refractivity contribution >= 4 is 46.6 Å². The largest absolute Gasteiger partial charge is 0.478 e. The Kier molecular flexibility index (Phi) is 4.90. The number of halogens is 2. The number of anilines is 2. The van der Waals surface area contributed by atoms with Crippen molar-refractivity contribution in [1.82, 2.24) is 0 Å².